The molecule has 2 aromatic carbocycles. The lowest BCUT2D eigenvalue weighted by molar-refractivity contribution is 0.0519. The molecule has 0 fully saturated rings. The van der Waals surface area contributed by atoms with Gasteiger partial charge in [0.25, 0.3) is 5.91 Å². The van der Waals surface area contributed by atoms with Gasteiger partial charge in [0.05, 0.1) is 6.04 Å². The maximum absolute atomic E-state index is 12.1. The summed E-state index contributed by atoms with van der Waals surface area (Å²) in [5.74, 6) is -0.317. The molecule has 0 radical (unpaired) electrons. The first-order chi connectivity index (χ1) is 12.8. The van der Waals surface area contributed by atoms with Gasteiger partial charge in [0.1, 0.15) is 5.60 Å². The number of hydrogen-bond donors (Lipinski definition) is 2. The van der Waals surface area contributed by atoms with Crippen LogP contribution in [0.1, 0.15) is 36.7 Å². The van der Waals surface area contributed by atoms with E-state index in [-0.39, 0.29) is 5.91 Å². The van der Waals surface area contributed by atoms with Crippen molar-refractivity contribution in [2.24, 2.45) is 5.10 Å². The second kappa shape index (κ2) is 9.52. The molecule has 2 rings (SSSR count). The molecular formula is C21H25N3O3. The maximum atomic E-state index is 12.1. The van der Waals surface area contributed by atoms with Crippen LogP contribution >= 0.6 is 0 Å². The summed E-state index contributed by atoms with van der Waals surface area (Å²) in [6, 6.07) is 18.0. The van der Waals surface area contributed by atoms with Crippen LogP contribution in [0.2, 0.25) is 0 Å². The van der Waals surface area contributed by atoms with Crippen LogP contribution in [0.15, 0.2) is 65.8 Å². The number of nitrogens with zero attached hydrogens (tertiary/aromatic N) is 1. The molecule has 0 bridgehead atoms. The number of hydrazone groups is 1. The summed E-state index contributed by atoms with van der Waals surface area (Å²) < 4.78 is 5.30. The highest BCUT2D eigenvalue weighted by Crippen LogP contribution is 2.08. The zero-order valence-electron chi connectivity index (χ0n) is 15.8. The van der Waals surface area contributed by atoms with Gasteiger partial charge >= 0.3 is 6.09 Å². The van der Waals surface area contributed by atoms with Crippen LogP contribution < -0.4 is 10.7 Å². The number of benzene rings is 2. The molecule has 6 nitrogen and oxygen atoms in total. The Labute approximate surface area is 159 Å². The molecule has 2 aromatic rings. The Hall–Kier alpha value is -3.15. The minimum Gasteiger partial charge on any atom is -0.444 e. The van der Waals surface area contributed by atoms with Crippen molar-refractivity contribution < 1.29 is 14.3 Å². The summed E-state index contributed by atoms with van der Waals surface area (Å²) in [7, 11) is 0. The molecule has 0 heterocycles. The van der Waals surface area contributed by atoms with E-state index in [0.29, 0.717) is 12.0 Å². The Morgan fingerprint density at radius 3 is 2.22 bits per heavy atom. The van der Waals surface area contributed by atoms with Gasteiger partial charge < -0.3 is 10.1 Å². The van der Waals surface area contributed by atoms with Gasteiger partial charge in [-0.25, -0.2) is 10.2 Å². The van der Waals surface area contributed by atoms with Gasteiger partial charge in [-0.15, -0.1) is 0 Å². The van der Waals surface area contributed by atoms with Crippen molar-refractivity contribution in [1.29, 1.82) is 0 Å². The molecule has 27 heavy (non-hydrogen) atoms. The molecule has 2 N–H and O–H groups in total. The molecule has 0 aliphatic rings. The van der Waals surface area contributed by atoms with E-state index in [4.69, 9.17) is 4.74 Å². The van der Waals surface area contributed by atoms with Crippen molar-refractivity contribution >= 4 is 18.2 Å². The van der Waals surface area contributed by atoms with Gasteiger partial charge in [0.2, 0.25) is 0 Å². The number of hydrogen-bond acceptors (Lipinski definition) is 4. The van der Waals surface area contributed by atoms with E-state index in [9.17, 15) is 9.59 Å². The molecule has 0 spiro atoms. The molecular weight excluding hydrogens is 342 g/mol. The monoisotopic (exact) mass is 367 g/mol. The normalized spacial score (nSPS) is 12.4. The predicted octanol–water partition coefficient (Wildman–Crippen LogP) is 3.54. The first kappa shape index (κ1) is 20.2. The van der Waals surface area contributed by atoms with E-state index in [1.807, 2.05) is 36.4 Å². The largest absolute Gasteiger partial charge is 0.444 e. The Balaban J connectivity index is 2.02. The number of alkyl carbamates (subject to hydrolysis) is 1. The van der Waals surface area contributed by atoms with E-state index >= 15 is 0 Å². The number of rotatable bonds is 6. The van der Waals surface area contributed by atoms with Crippen molar-refractivity contribution in [3.8, 4) is 0 Å². The minimum absolute atomic E-state index is 0.317. The van der Waals surface area contributed by atoms with Crippen molar-refractivity contribution in [2.45, 2.75) is 38.8 Å². The SMILES string of the molecule is CC(C)(C)OC(=O)N[C@H](/C=N/NC(=O)c1ccccc1)Cc1ccccc1. The third kappa shape index (κ3) is 7.73. The fraction of sp³-hybridized carbons (Fsp3) is 0.286. The fourth-order valence-electron chi connectivity index (χ4n) is 2.31. The molecule has 0 unspecified atom stereocenters. The number of carbonyl (C=O) groups excluding carboxylic acids is 2. The summed E-state index contributed by atoms with van der Waals surface area (Å²) in [4.78, 5) is 24.2. The first-order valence-electron chi connectivity index (χ1n) is 8.75. The van der Waals surface area contributed by atoms with Gasteiger partial charge in [0.15, 0.2) is 0 Å². The first-order valence-corrected chi connectivity index (χ1v) is 8.75. The molecule has 0 aliphatic carbocycles. The van der Waals surface area contributed by atoms with Crippen LogP contribution in [-0.4, -0.2) is 29.9 Å². The lowest BCUT2D eigenvalue weighted by atomic mass is 10.1. The van der Waals surface area contributed by atoms with Crippen molar-refractivity contribution in [3.63, 3.8) is 0 Å². The maximum Gasteiger partial charge on any atom is 0.408 e. The third-order valence-electron chi connectivity index (χ3n) is 3.46. The van der Waals surface area contributed by atoms with Crippen LogP contribution in [0.3, 0.4) is 0 Å². The topological polar surface area (TPSA) is 79.8 Å². The number of nitrogens with one attached hydrogen (secondary N) is 2. The van der Waals surface area contributed by atoms with Gasteiger partial charge in [-0.2, -0.15) is 5.10 Å². The fourth-order valence-corrected chi connectivity index (χ4v) is 2.31. The van der Waals surface area contributed by atoms with Crippen LogP contribution in [0.25, 0.3) is 0 Å². The molecule has 1 atom stereocenters. The van der Waals surface area contributed by atoms with Crippen LogP contribution in [-0.2, 0) is 11.2 Å². The lowest BCUT2D eigenvalue weighted by Crippen LogP contribution is -2.41. The molecule has 0 aromatic heterocycles. The number of ether oxygens (including phenoxy) is 1. The van der Waals surface area contributed by atoms with Crippen molar-refractivity contribution in [3.05, 3.63) is 71.8 Å². The van der Waals surface area contributed by atoms with Gasteiger partial charge in [-0.05, 0) is 44.9 Å². The second-order valence-corrected chi connectivity index (χ2v) is 7.03. The highest BCUT2D eigenvalue weighted by molar-refractivity contribution is 5.94. The summed E-state index contributed by atoms with van der Waals surface area (Å²) in [5.41, 5.74) is 3.41. The third-order valence-corrected chi connectivity index (χ3v) is 3.46. The van der Waals surface area contributed by atoms with E-state index in [1.165, 1.54) is 6.21 Å². The standard InChI is InChI=1S/C21H25N3O3/c1-21(2,3)27-20(26)23-18(14-16-10-6-4-7-11-16)15-22-24-19(25)17-12-8-5-9-13-17/h4-13,15,18H,14H2,1-3H3,(H,23,26)(H,24,25)/b22-15+/t18-/m0/s1. The molecule has 6 heteroatoms. The highest BCUT2D eigenvalue weighted by atomic mass is 16.6. The summed E-state index contributed by atoms with van der Waals surface area (Å²) >= 11 is 0. The predicted molar refractivity (Wildman–Crippen MR) is 106 cm³/mol. The average molecular weight is 367 g/mol. The minimum atomic E-state index is -0.597. The Morgan fingerprint density at radius 1 is 1.04 bits per heavy atom. The quantitative estimate of drug-likeness (QED) is 0.605. The van der Waals surface area contributed by atoms with E-state index < -0.39 is 17.7 Å². The molecule has 0 saturated heterocycles. The molecule has 2 amide bonds. The number of amides is 2. The van der Waals surface area contributed by atoms with Crippen LogP contribution in [0.5, 0.6) is 0 Å². The smallest absolute Gasteiger partial charge is 0.408 e. The Bertz CT molecular complexity index is 768. The van der Waals surface area contributed by atoms with Crippen LogP contribution in [0.4, 0.5) is 4.79 Å². The number of carbonyl (C=O) groups is 2. The molecule has 0 saturated carbocycles. The van der Waals surface area contributed by atoms with Crippen LogP contribution in [0, 0.1) is 0 Å². The highest BCUT2D eigenvalue weighted by Gasteiger charge is 2.19. The van der Waals surface area contributed by atoms with E-state index in [0.717, 1.165) is 5.56 Å². The Kier molecular flexibility index (Phi) is 7.11. The van der Waals surface area contributed by atoms with Crippen molar-refractivity contribution in [1.82, 2.24) is 10.7 Å². The summed E-state index contributed by atoms with van der Waals surface area (Å²) in [6.07, 6.45) is 1.48. The summed E-state index contributed by atoms with van der Waals surface area (Å²) in [5, 5.41) is 6.77. The average Bonchev–Trinajstić information content (AvgIpc) is 2.61. The molecule has 0 aliphatic heterocycles. The van der Waals surface area contributed by atoms with Gasteiger partial charge in [-0.1, -0.05) is 48.5 Å². The molecule has 142 valence electrons. The second-order valence-electron chi connectivity index (χ2n) is 7.03. The van der Waals surface area contributed by atoms with Gasteiger partial charge in [-0.3, -0.25) is 4.79 Å². The Morgan fingerprint density at radius 2 is 1.63 bits per heavy atom. The van der Waals surface area contributed by atoms with Crippen molar-refractivity contribution in [2.75, 3.05) is 0 Å². The zero-order chi connectivity index (χ0) is 19.7. The lowest BCUT2D eigenvalue weighted by Gasteiger charge is -2.22. The van der Waals surface area contributed by atoms with Gasteiger partial charge in [0, 0.05) is 11.8 Å². The van der Waals surface area contributed by atoms with E-state index in [1.54, 1.807) is 45.0 Å². The summed E-state index contributed by atoms with van der Waals surface area (Å²) in [6.45, 7) is 5.40. The zero-order valence-corrected chi connectivity index (χ0v) is 15.8. The van der Waals surface area contributed by atoms with E-state index in [2.05, 4.69) is 15.8 Å².